The van der Waals surface area contributed by atoms with Crippen molar-refractivity contribution in [2.24, 2.45) is 0 Å². The lowest BCUT2D eigenvalue weighted by Gasteiger charge is -2.22. The van der Waals surface area contributed by atoms with Crippen molar-refractivity contribution < 1.29 is 0 Å². The molecule has 0 bridgehead atoms. The van der Waals surface area contributed by atoms with Crippen LogP contribution in [-0.4, -0.2) is 18.1 Å². The van der Waals surface area contributed by atoms with E-state index < -0.39 is 0 Å². The first-order valence-corrected chi connectivity index (χ1v) is 8.12. The Morgan fingerprint density at radius 2 is 2.25 bits per heavy atom. The van der Waals surface area contributed by atoms with Crippen LogP contribution in [0.3, 0.4) is 0 Å². The highest BCUT2D eigenvalue weighted by Gasteiger charge is 2.12. The average molecular weight is 310 g/mol. The molecule has 0 saturated carbocycles. The van der Waals surface area contributed by atoms with Gasteiger partial charge in [-0.15, -0.1) is 11.3 Å². The third kappa shape index (κ3) is 3.95. The van der Waals surface area contributed by atoms with Gasteiger partial charge in [0.2, 0.25) is 0 Å². The maximum Gasteiger partial charge on any atom is 0.147 e. The number of pyridine rings is 1. The SMILES string of the molecule is CCNCc1cnc(N(CC)Cc2cccs2)c(Cl)c1. The topological polar surface area (TPSA) is 28.2 Å². The van der Waals surface area contributed by atoms with Crippen molar-refractivity contribution in [3.63, 3.8) is 0 Å². The van der Waals surface area contributed by atoms with Crippen LogP contribution in [0.5, 0.6) is 0 Å². The van der Waals surface area contributed by atoms with Crippen LogP contribution in [0.15, 0.2) is 29.8 Å². The Kier molecular flexibility index (Phi) is 5.83. The molecule has 0 radical (unpaired) electrons. The van der Waals surface area contributed by atoms with E-state index in [1.165, 1.54) is 4.88 Å². The molecule has 0 aliphatic carbocycles. The Hall–Kier alpha value is -1.10. The van der Waals surface area contributed by atoms with Crippen molar-refractivity contribution in [3.8, 4) is 0 Å². The molecule has 2 aromatic heterocycles. The molecule has 0 spiro atoms. The number of aromatic nitrogens is 1. The molecule has 0 aliphatic heterocycles. The van der Waals surface area contributed by atoms with E-state index in [4.69, 9.17) is 11.6 Å². The lowest BCUT2D eigenvalue weighted by atomic mass is 10.2. The molecule has 20 heavy (non-hydrogen) atoms. The minimum atomic E-state index is 0.721. The Balaban J connectivity index is 2.13. The fourth-order valence-electron chi connectivity index (χ4n) is 2.00. The zero-order valence-electron chi connectivity index (χ0n) is 11.9. The highest BCUT2D eigenvalue weighted by Crippen LogP contribution is 2.26. The van der Waals surface area contributed by atoms with Crippen molar-refractivity contribution in [3.05, 3.63) is 45.2 Å². The van der Waals surface area contributed by atoms with Crippen LogP contribution in [-0.2, 0) is 13.1 Å². The Morgan fingerprint density at radius 3 is 2.85 bits per heavy atom. The number of nitrogens with zero attached hydrogens (tertiary/aromatic N) is 2. The monoisotopic (exact) mass is 309 g/mol. The average Bonchev–Trinajstić information content (AvgIpc) is 2.96. The van der Waals surface area contributed by atoms with Crippen molar-refractivity contribution in [1.29, 1.82) is 0 Å². The summed E-state index contributed by atoms with van der Waals surface area (Å²) in [6, 6.07) is 6.22. The number of hydrogen-bond acceptors (Lipinski definition) is 4. The standard InChI is InChI=1S/C15H20ClN3S/c1-3-17-9-12-8-14(16)15(18-10-12)19(4-2)11-13-6-5-7-20-13/h5-8,10,17H,3-4,9,11H2,1-2H3. The molecule has 0 atom stereocenters. The van der Waals surface area contributed by atoms with E-state index in [1.807, 2.05) is 12.3 Å². The van der Waals surface area contributed by atoms with Gasteiger partial charge in [-0.3, -0.25) is 0 Å². The number of rotatable bonds is 7. The normalized spacial score (nSPS) is 10.8. The van der Waals surface area contributed by atoms with Crippen LogP contribution in [0, 0.1) is 0 Å². The van der Waals surface area contributed by atoms with E-state index in [1.54, 1.807) is 11.3 Å². The van der Waals surface area contributed by atoms with Crippen LogP contribution < -0.4 is 10.2 Å². The zero-order valence-corrected chi connectivity index (χ0v) is 13.5. The van der Waals surface area contributed by atoms with E-state index in [0.717, 1.165) is 42.6 Å². The van der Waals surface area contributed by atoms with Crippen LogP contribution in [0.4, 0.5) is 5.82 Å². The Bertz CT molecular complexity index is 528. The molecule has 2 heterocycles. The van der Waals surface area contributed by atoms with E-state index >= 15 is 0 Å². The molecule has 2 rings (SSSR count). The molecule has 3 nitrogen and oxygen atoms in total. The van der Waals surface area contributed by atoms with Crippen LogP contribution in [0.1, 0.15) is 24.3 Å². The predicted molar refractivity (Wildman–Crippen MR) is 87.7 cm³/mol. The molecule has 0 saturated heterocycles. The van der Waals surface area contributed by atoms with Gasteiger partial charge in [-0.2, -0.15) is 0 Å². The number of nitrogens with one attached hydrogen (secondary N) is 1. The fourth-order valence-corrected chi connectivity index (χ4v) is 3.02. The van der Waals surface area contributed by atoms with Gasteiger partial charge in [-0.1, -0.05) is 24.6 Å². The number of hydrogen-bond donors (Lipinski definition) is 1. The smallest absolute Gasteiger partial charge is 0.147 e. The van der Waals surface area contributed by atoms with Gasteiger partial charge in [0, 0.05) is 24.2 Å². The molecule has 0 aliphatic rings. The maximum atomic E-state index is 6.39. The second-order valence-electron chi connectivity index (χ2n) is 4.52. The molecule has 0 unspecified atom stereocenters. The third-order valence-corrected chi connectivity index (χ3v) is 4.20. The molecular formula is C15H20ClN3S. The fraction of sp³-hybridized carbons (Fsp3) is 0.400. The van der Waals surface area contributed by atoms with Gasteiger partial charge in [-0.05, 0) is 36.5 Å². The molecule has 2 aromatic rings. The van der Waals surface area contributed by atoms with Crippen molar-refractivity contribution in [1.82, 2.24) is 10.3 Å². The van der Waals surface area contributed by atoms with Gasteiger partial charge in [-0.25, -0.2) is 4.98 Å². The molecule has 0 fully saturated rings. The summed E-state index contributed by atoms with van der Waals surface area (Å²) in [5.41, 5.74) is 1.12. The van der Waals surface area contributed by atoms with Crippen molar-refractivity contribution >= 4 is 28.8 Å². The molecule has 108 valence electrons. The molecule has 5 heteroatoms. The van der Waals surface area contributed by atoms with Gasteiger partial charge in [0.05, 0.1) is 11.6 Å². The lowest BCUT2D eigenvalue weighted by molar-refractivity contribution is 0.723. The Labute approximate surface area is 129 Å². The van der Waals surface area contributed by atoms with E-state index in [2.05, 4.69) is 46.6 Å². The number of anilines is 1. The third-order valence-electron chi connectivity index (χ3n) is 3.07. The largest absolute Gasteiger partial charge is 0.351 e. The van der Waals surface area contributed by atoms with Crippen molar-refractivity contribution in [2.45, 2.75) is 26.9 Å². The first-order chi connectivity index (χ1) is 9.74. The minimum absolute atomic E-state index is 0.721. The summed E-state index contributed by atoms with van der Waals surface area (Å²) < 4.78 is 0. The zero-order chi connectivity index (χ0) is 14.4. The highest BCUT2D eigenvalue weighted by molar-refractivity contribution is 7.09. The number of thiophene rings is 1. The minimum Gasteiger partial charge on any atom is -0.351 e. The summed E-state index contributed by atoms with van der Waals surface area (Å²) in [6.45, 7) is 7.70. The second-order valence-corrected chi connectivity index (χ2v) is 5.96. The summed E-state index contributed by atoms with van der Waals surface area (Å²) in [6.07, 6.45) is 1.90. The lowest BCUT2D eigenvalue weighted by Crippen LogP contribution is -2.23. The highest BCUT2D eigenvalue weighted by atomic mass is 35.5. The molecule has 0 aromatic carbocycles. The predicted octanol–water partition coefficient (Wildman–Crippen LogP) is 3.93. The van der Waals surface area contributed by atoms with E-state index in [9.17, 15) is 0 Å². The number of halogens is 1. The molecular weight excluding hydrogens is 290 g/mol. The van der Waals surface area contributed by atoms with Crippen LogP contribution in [0.25, 0.3) is 0 Å². The summed E-state index contributed by atoms with van der Waals surface area (Å²) in [5.74, 6) is 0.864. The van der Waals surface area contributed by atoms with Crippen LogP contribution >= 0.6 is 22.9 Å². The van der Waals surface area contributed by atoms with Gasteiger partial charge in [0.15, 0.2) is 0 Å². The summed E-state index contributed by atoms with van der Waals surface area (Å²) in [5, 5.41) is 6.10. The summed E-state index contributed by atoms with van der Waals surface area (Å²) in [4.78, 5) is 8.06. The van der Waals surface area contributed by atoms with Gasteiger partial charge in [0.1, 0.15) is 5.82 Å². The Morgan fingerprint density at radius 1 is 1.40 bits per heavy atom. The van der Waals surface area contributed by atoms with Gasteiger partial charge in [0.25, 0.3) is 0 Å². The molecule has 1 N–H and O–H groups in total. The first kappa shape index (κ1) is 15.3. The van der Waals surface area contributed by atoms with Crippen molar-refractivity contribution in [2.75, 3.05) is 18.0 Å². The molecule has 0 amide bonds. The maximum absolute atomic E-state index is 6.39. The first-order valence-electron chi connectivity index (χ1n) is 6.87. The van der Waals surface area contributed by atoms with E-state index in [0.29, 0.717) is 0 Å². The van der Waals surface area contributed by atoms with Gasteiger partial charge < -0.3 is 10.2 Å². The summed E-state index contributed by atoms with van der Waals surface area (Å²) in [7, 11) is 0. The quantitative estimate of drug-likeness (QED) is 0.840. The van der Waals surface area contributed by atoms with Gasteiger partial charge >= 0.3 is 0 Å². The van der Waals surface area contributed by atoms with E-state index in [-0.39, 0.29) is 0 Å². The summed E-state index contributed by atoms with van der Waals surface area (Å²) >= 11 is 8.15. The second kappa shape index (κ2) is 7.62. The van der Waals surface area contributed by atoms with Crippen LogP contribution in [0.2, 0.25) is 5.02 Å².